The van der Waals surface area contributed by atoms with Crippen LogP contribution in [0.2, 0.25) is 0 Å². The van der Waals surface area contributed by atoms with Gasteiger partial charge in [-0.3, -0.25) is 14.4 Å². The fraction of sp³-hybridized carbons (Fsp3) is 0.424. The van der Waals surface area contributed by atoms with Crippen molar-refractivity contribution in [3.8, 4) is 0 Å². The Morgan fingerprint density at radius 2 is 1.78 bits per heavy atom. The number of para-hydroxylation sites is 1. The zero-order valence-corrected chi connectivity index (χ0v) is 24.7. The summed E-state index contributed by atoms with van der Waals surface area (Å²) >= 11 is 1.66. The lowest BCUT2D eigenvalue weighted by Crippen LogP contribution is -2.55. The lowest BCUT2D eigenvalue weighted by molar-refractivity contribution is -0.139. The second kappa shape index (κ2) is 11.9. The van der Waals surface area contributed by atoms with Crippen LogP contribution in [-0.4, -0.2) is 70.0 Å². The minimum absolute atomic E-state index is 0.0451. The van der Waals surface area contributed by atoms with Gasteiger partial charge in [-0.05, 0) is 62.4 Å². The summed E-state index contributed by atoms with van der Waals surface area (Å²) in [4.78, 5) is 48.4. The molecule has 2 bridgehead atoms. The van der Waals surface area contributed by atoms with E-state index in [2.05, 4.69) is 13.2 Å². The molecule has 3 fully saturated rings. The molecule has 0 aliphatic carbocycles. The number of hydrogen-bond acceptors (Lipinski definition) is 5. The first-order valence-corrected chi connectivity index (χ1v) is 15.2. The summed E-state index contributed by atoms with van der Waals surface area (Å²) in [6, 6.07) is 14.8. The van der Waals surface area contributed by atoms with Gasteiger partial charge in [0.25, 0.3) is 5.91 Å². The summed E-state index contributed by atoms with van der Waals surface area (Å²) in [5.41, 5.74) is 3.57. The second-order valence-corrected chi connectivity index (χ2v) is 12.9. The Balaban J connectivity index is 1.57. The number of carbonyl (C=O) groups excluding carboxylic acids is 3. The normalized spacial score (nSPS) is 26.1. The van der Waals surface area contributed by atoms with Crippen LogP contribution in [-0.2, 0) is 14.4 Å². The maximum Gasteiger partial charge on any atom is 0.251 e. The van der Waals surface area contributed by atoms with Crippen LogP contribution >= 0.6 is 11.8 Å². The quantitative estimate of drug-likeness (QED) is 0.400. The van der Waals surface area contributed by atoms with Crippen LogP contribution in [0.25, 0.3) is 0 Å². The van der Waals surface area contributed by atoms with Crippen molar-refractivity contribution in [3.05, 3.63) is 85.0 Å². The Labute approximate surface area is 246 Å². The number of carbonyl (C=O) groups is 3. The number of hydrogen-bond donors (Lipinski definition) is 1. The van der Waals surface area contributed by atoms with Gasteiger partial charge in [-0.15, -0.1) is 24.9 Å². The number of aliphatic hydroxyl groups excluding tert-OH is 1. The van der Waals surface area contributed by atoms with Gasteiger partial charge in [-0.1, -0.05) is 42.5 Å². The van der Waals surface area contributed by atoms with E-state index in [0.717, 1.165) is 28.9 Å². The number of aryl methyl sites for hydroxylation is 2. The third kappa shape index (κ3) is 4.91. The third-order valence-corrected chi connectivity index (χ3v) is 10.7. The molecule has 5 atom stereocenters. The molecule has 1 N–H and O–H groups in total. The Kier molecular flexibility index (Phi) is 8.43. The van der Waals surface area contributed by atoms with Crippen molar-refractivity contribution < 1.29 is 19.5 Å². The van der Waals surface area contributed by atoms with Crippen molar-refractivity contribution in [1.29, 1.82) is 0 Å². The highest BCUT2D eigenvalue weighted by Crippen LogP contribution is 2.66. The van der Waals surface area contributed by atoms with Gasteiger partial charge in [0.15, 0.2) is 0 Å². The standard InChI is InChI=1S/C33H39N3O4S/c1-5-17-34(24-11-8-7-9-12-24)30(38)27-26-15-16-33(41-26)28(27)31(39)36(19-10-20-37)29(33)32(40)35(18-6-2)25-21-22(3)13-14-23(25)4/h5-9,11-14,21,26-29,37H,1-2,10,15-20H2,3-4H3/t26-,27+,28+,29?,33?/m1/s1. The molecule has 3 saturated heterocycles. The van der Waals surface area contributed by atoms with Crippen molar-refractivity contribution >= 4 is 40.9 Å². The van der Waals surface area contributed by atoms with Crippen molar-refractivity contribution in [2.45, 2.75) is 49.1 Å². The lowest BCUT2D eigenvalue weighted by Gasteiger charge is -2.38. The third-order valence-electron chi connectivity index (χ3n) is 8.76. The van der Waals surface area contributed by atoms with Gasteiger partial charge in [0.1, 0.15) is 6.04 Å². The highest BCUT2D eigenvalue weighted by Gasteiger charge is 2.74. The van der Waals surface area contributed by atoms with Crippen LogP contribution in [0.4, 0.5) is 11.4 Å². The number of likely N-dealkylation sites (tertiary alicyclic amines) is 1. The molecule has 2 aromatic rings. The summed E-state index contributed by atoms with van der Waals surface area (Å²) in [6.45, 7) is 12.6. The number of fused-ring (bicyclic) bond motifs is 1. The maximum atomic E-state index is 14.7. The van der Waals surface area contributed by atoms with E-state index in [-0.39, 0.29) is 36.1 Å². The highest BCUT2D eigenvalue weighted by atomic mass is 32.2. The molecule has 3 amide bonds. The molecule has 41 heavy (non-hydrogen) atoms. The highest BCUT2D eigenvalue weighted by molar-refractivity contribution is 8.02. The van der Waals surface area contributed by atoms with E-state index in [1.54, 1.807) is 38.6 Å². The summed E-state index contributed by atoms with van der Waals surface area (Å²) in [5.74, 6) is -1.55. The van der Waals surface area contributed by atoms with Gasteiger partial charge >= 0.3 is 0 Å². The zero-order chi connectivity index (χ0) is 29.3. The molecule has 3 heterocycles. The van der Waals surface area contributed by atoms with Crippen LogP contribution in [0.5, 0.6) is 0 Å². The Morgan fingerprint density at radius 3 is 2.46 bits per heavy atom. The van der Waals surface area contributed by atoms with E-state index < -0.39 is 22.6 Å². The molecule has 0 radical (unpaired) electrons. The van der Waals surface area contributed by atoms with Gasteiger partial charge in [-0.2, -0.15) is 0 Å². The monoisotopic (exact) mass is 573 g/mol. The maximum absolute atomic E-state index is 14.7. The minimum atomic E-state index is -0.733. The van der Waals surface area contributed by atoms with Crippen LogP contribution in [0, 0.1) is 25.7 Å². The topological polar surface area (TPSA) is 81.2 Å². The molecule has 3 aliphatic rings. The number of aliphatic hydroxyl groups is 1. The van der Waals surface area contributed by atoms with Crippen molar-refractivity contribution in [2.24, 2.45) is 11.8 Å². The molecule has 2 aromatic carbocycles. The number of rotatable bonds is 11. The first-order chi connectivity index (χ1) is 19.8. The number of thioether (sulfide) groups is 1. The van der Waals surface area contributed by atoms with Crippen LogP contribution < -0.4 is 9.80 Å². The average Bonchev–Trinajstić information content (AvgIpc) is 3.62. The minimum Gasteiger partial charge on any atom is -0.396 e. The first kappa shape index (κ1) is 29.1. The predicted molar refractivity (Wildman–Crippen MR) is 165 cm³/mol. The lowest BCUT2D eigenvalue weighted by atomic mass is 9.70. The van der Waals surface area contributed by atoms with Crippen LogP contribution in [0.3, 0.4) is 0 Å². The van der Waals surface area contributed by atoms with Gasteiger partial charge in [0.2, 0.25) is 11.8 Å². The van der Waals surface area contributed by atoms with E-state index >= 15 is 0 Å². The van der Waals surface area contributed by atoms with E-state index in [4.69, 9.17) is 0 Å². The number of anilines is 2. The SMILES string of the molecule is C=CCN(C(=O)[C@@H]1[C@H]2C(=O)N(CCCO)C(C(=O)N(CC=C)c3cc(C)ccc3C)C23CC[C@H]1S3)c1ccccc1. The van der Waals surface area contributed by atoms with Gasteiger partial charge < -0.3 is 19.8 Å². The molecular formula is C33H39N3O4S. The second-order valence-electron chi connectivity index (χ2n) is 11.3. The largest absolute Gasteiger partial charge is 0.396 e. The summed E-state index contributed by atoms with van der Waals surface area (Å²) < 4.78 is -0.706. The molecule has 7 nitrogen and oxygen atoms in total. The summed E-state index contributed by atoms with van der Waals surface area (Å²) in [5, 5.41) is 9.64. The molecule has 216 valence electrons. The number of nitrogens with zero attached hydrogens (tertiary/aromatic N) is 3. The van der Waals surface area contributed by atoms with E-state index in [9.17, 15) is 19.5 Å². The van der Waals surface area contributed by atoms with Crippen molar-refractivity contribution in [2.75, 3.05) is 36.0 Å². The van der Waals surface area contributed by atoms with E-state index in [0.29, 0.717) is 25.9 Å². The molecule has 3 aliphatic heterocycles. The van der Waals surface area contributed by atoms with Gasteiger partial charge in [0.05, 0.1) is 16.6 Å². The fourth-order valence-corrected chi connectivity index (χ4v) is 9.24. The van der Waals surface area contributed by atoms with Crippen molar-refractivity contribution in [1.82, 2.24) is 4.90 Å². The van der Waals surface area contributed by atoms with Gasteiger partial charge in [0, 0.05) is 42.9 Å². The Bertz CT molecular complexity index is 1350. The first-order valence-electron chi connectivity index (χ1n) is 14.3. The number of amides is 3. The predicted octanol–water partition coefficient (Wildman–Crippen LogP) is 4.52. The van der Waals surface area contributed by atoms with E-state index in [1.165, 1.54) is 0 Å². The number of benzene rings is 2. The molecule has 1 spiro atoms. The zero-order valence-electron chi connectivity index (χ0n) is 23.9. The van der Waals surface area contributed by atoms with Crippen molar-refractivity contribution in [3.63, 3.8) is 0 Å². The fourth-order valence-electron chi connectivity index (χ4n) is 7.03. The van der Waals surface area contributed by atoms with Crippen LogP contribution in [0.1, 0.15) is 30.4 Å². The molecular weight excluding hydrogens is 534 g/mol. The molecule has 0 saturated carbocycles. The Hall–Kier alpha value is -3.36. The summed E-state index contributed by atoms with van der Waals surface area (Å²) in [6.07, 6.45) is 5.24. The Morgan fingerprint density at radius 1 is 1.07 bits per heavy atom. The average molecular weight is 574 g/mol. The van der Waals surface area contributed by atoms with Gasteiger partial charge in [-0.25, -0.2) is 0 Å². The van der Waals surface area contributed by atoms with Crippen LogP contribution in [0.15, 0.2) is 73.8 Å². The van der Waals surface area contributed by atoms with E-state index in [1.807, 2.05) is 62.4 Å². The summed E-state index contributed by atoms with van der Waals surface area (Å²) in [7, 11) is 0. The molecule has 8 heteroatoms. The molecule has 5 rings (SSSR count). The smallest absolute Gasteiger partial charge is 0.251 e. The molecule has 0 aromatic heterocycles. The molecule has 2 unspecified atom stereocenters.